The summed E-state index contributed by atoms with van der Waals surface area (Å²) in [6.07, 6.45) is 0.676. The molecule has 4 nitrogen and oxygen atoms in total. The molecular formula is C15H19F2NO3S. The van der Waals surface area contributed by atoms with Crippen LogP contribution in [0.1, 0.15) is 31.2 Å². The van der Waals surface area contributed by atoms with Crippen LogP contribution in [0.3, 0.4) is 0 Å². The van der Waals surface area contributed by atoms with Crippen LogP contribution in [0.5, 0.6) is 0 Å². The summed E-state index contributed by atoms with van der Waals surface area (Å²) in [7, 11) is -2.99. The number of rotatable bonds is 5. The average molecular weight is 331 g/mol. The third kappa shape index (κ3) is 4.50. The van der Waals surface area contributed by atoms with Crippen LogP contribution in [0.2, 0.25) is 0 Å². The minimum absolute atomic E-state index is 0.0581. The molecule has 2 unspecified atom stereocenters. The molecule has 22 heavy (non-hydrogen) atoms. The third-order valence-electron chi connectivity index (χ3n) is 3.90. The largest absolute Gasteiger partial charge is 0.355 e. The molecule has 0 bridgehead atoms. The molecule has 1 aromatic carbocycles. The molecule has 0 aliphatic carbocycles. The molecule has 0 saturated carbocycles. The van der Waals surface area contributed by atoms with Gasteiger partial charge < -0.3 is 5.32 Å². The molecule has 0 radical (unpaired) electrons. The van der Waals surface area contributed by atoms with Crippen molar-refractivity contribution in [2.75, 3.05) is 18.1 Å². The topological polar surface area (TPSA) is 63.2 Å². The maximum Gasteiger partial charge on any atom is 0.220 e. The Hall–Kier alpha value is -1.50. The van der Waals surface area contributed by atoms with E-state index < -0.39 is 21.5 Å². The Morgan fingerprint density at radius 1 is 1.41 bits per heavy atom. The van der Waals surface area contributed by atoms with Gasteiger partial charge in [0.15, 0.2) is 9.84 Å². The smallest absolute Gasteiger partial charge is 0.220 e. The van der Waals surface area contributed by atoms with Gasteiger partial charge in [-0.05, 0) is 24.0 Å². The maximum absolute atomic E-state index is 13.6. The maximum atomic E-state index is 13.6. The van der Waals surface area contributed by atoms with Gasteiger partial charge in [-0.1, -0.05) is 13.0 Å². The van der Waals surface area contributed by atoms with Crippen LogP contribution in [0.15, 0.2) is 18.2 Å². The quantitative estimate of drug-likeness (QED) is 0.898. The first-order valence-corrected chi connectivity index (χ1v) is 9.01. The molecule has 1 heterocycles. The first-order valence-electron chi connectivity index (χ1n) is 7.19. The Kier molecular flexibility index (Phi) is 5.16. The van der Waals surface area contributed by atoms with Crippen molar-refractivity contribution >= 4 is 15.7 Å². The fourth-order valence-electron chi connectivity index (χ4n) is 2.65. The number of hydrogen-bond donors (Lipinski definition) is 1. The SMILES string of the molecule is CC(CNC(=O)CC1CCS(=O)(=O)C1)c1ccc(F)cc1F. The molecule has 1 aliphatic rings. The molecule has 1 aromatic rings. The van der Waals surface area contributed by atoms with E-state index in [1.165, 1.54) is 12.1 Å². The van der Waals surface area contributed by atoms with Gasteiger partial charge in [0.2, 0.25) is 5.91 Å². The lowest BCUT2D eigenvalue weighted by molar-refractivity contribution is -0.121. The molecule has 0 spiro atoms. The highest BCUT2D eigenvalue weighted by Crippen LogP contribution is 2.22. The second kappa shape index (κ2) is 6.73. The van der Waals surface area contributed by atoms with Gasteiger partial charge in [-0.15, -0.1) is 0 Å². The molecular weight excluding hydrogens is 312 g/mol. The molecule has 1 fully saturated rings. The lowest BCUT2D eigenvalue weighted by atomic mass is 10.00. The first kappa shape index (κ1) is 16.9. The molecule has 1 amide bonds. The van der Waals surface area contributed by atoms with Crippen LogP contribution in [0, 0.1) is 17.6 Å². The zero-order valence-electron chi connectivity index (χ0n) is 12.3. The van der Waals surface area contributed by atoms with Crippen LogP contribution in [0.4, 0.5) is 8.78 Å². The van der Waals surface area contributed by atoms with Crippen LogP contribution < -0.4 is 5.32 Å². The number of halogens is 2. The lowest BCUT2D eigenvalue weighted by Gasteiger charge is -2.15. The zero-order chi connectivity index (χ0) is 16.3. The fourth-order valence-corrected chi connectivity index (χ4v) is 4.51. The highest BCUT2D eigenvalue weighted by Gasteiger charge is 2.29. The second-order valence-corrected chi connectivity index (χ2v) is 8.07. The van der Waals surface area contributed by atoms with Gasteiger partial charge in [-0.3, -0.25) is 4.79 Å². The van der Waals surface area contributed by atoms with E-state index in [-0.39, 0.29) is 42.2 Å². The fraction of sp³-hybridized carbons (Fsp3) is 0.533. The second-order valence-electron chi connectivity index (χ2n) is 5.84. The summed E-state index contributed by atoms with van der Waals surface area (Å²) in [5, 5.41) is 2.68. The highest BCUT2D eigenvalue weighted by atomic mass is 32.2. The van der Waals surface area contributed by atoms with E-state index in [4.69, 9.17) is 0 Å². The number of carbonyl (C=O) groups is 1. The van der Waals surface area contributed by atoms with E-state index in [1.807, 2.05) is 0 Å². The van der Waals surface area contributed by atoms with E-state index in [0.717, 1.165) is 6.07 Å². The zero-order valence-corrected chi connectivity index (χ0v) is 13.1. The number of nitrogens with one attached hydrogen (secondary N) is 1. The van der Waals surface area contributed by atoms with Gasteiger partial charge in [0.1, 0.15) is 11.6 Å². The Morgan fingerprint density at radius 3 is 2.73 bits per heavy atom. The van der Waals surface area contributed by atoms with Crippen molar-refractivity contribution in [2.24, 2.45) is 5.92 Å². The molecule has 7 heteroatoms. The molecule has 1 aliphatic heterocycles. The lowest BCUT2D eigenvalue weighted by Crippen LogP contribution is -2.29. The van der Waals surface area contributed by atoms with E-state index >= 15 is 0 Å². The number of sulfone groups is 1. The van der Waals surface area contributed by atoms with Gasteiger partial charge in [0, 0.05) is 24.9 Å². The Bertz CT molecular complexity index is 661. The normalized spacial score (nSPS) is 21.5. The van der Waals surface area contributed by atoms with Gasteiger partial charge in [0.05, 0.1) is 11.5 Å². The van der Waals surface area contributed by atoms with Crippen molar-refractivity contribution in [3.05, 3.63) is 35.4 Å². The average Bonchev–Trinajstić information content (AvgIpc) is 2.75. The van der Waals surface area contributed by atoms with Crippen LogP contribution in [-0.4, -0.2) is 32.4 Å². The minimum Gasteiger partial charge on any atom is -0.355 e. The van der Waals surface area contributed by atoms with Gasteiger partial charge in [-0.2, -0.15) is 0 Å². The van der Waals surface area contributed by atoms with Crippen molar-refractivity contribution in [1.29, 1.82) is 0 Å². The predicted octanol–water partition coefficient (Wildman–Crippen LogP) is 2.01. The highest BCUT2D eigenvalue weighted by molar-refractivity contribution is 7.91. The van der Waals surface area contributed by atoms with Crippen molar-refractivity contribution in [1.82, 2.24) is 5.32 Å². The Labute approximate surface area is 128 Å². The molecule has 1 saturated heterocycles. The number of benzene rings is 1. The molecule has 122 valence electrons. The summed E-state index contributed by atoms with van der Waals surface area (Å²) in [5.74, 6) is -1.75. The molecule has 0 aromatic heterocycles. The Balaban J connectivity index is 1.83. The van der Waals surface area contributed by atoms with E-state index in [2.05, 4.69) is 5.32 Å². The van der Waals surface area contributed by atoms with E-state index in [9.17, 15) is 22.0 Å². The van der Waals surface area contributed by atoms with Crippen LogP contribution in [-0.2, 0) is 14.6 Å². The van der Waals surface area contributed by atoms with E-state index in [0.29, 0.717) is 12.0 Å². The van der Waals surface area contributed by atoms with Crippen molar-refractivity contribution < 1.29 is 22.0 Å². The standard InChI is InChI=1S/C15H19F2NO3S/c1-10(13-3-2-12(16)7-14(13)17)8-18-15(19)6-11-4-5-22(20,21)9-11/h2-3,7,10-11H,4-6,8-9H2,1H3,(H,18,19). The monoisotopic (exact) mass is 331 g/mol. The summed E-state index contributed by atoms with van der Waals surface area (Å²) in [6, 6.07) is 3.36. The first-order chi connectivity index (χ1) is 10.3. The van der Waals surface area contributed by atoms with Crippen molar-refractivity contribution in [3.8, 4) is 0 Å². The predicted molar refractivity (Wildman–Crippen MR) is 79.2 cm³/mol. The van der Waals surface area contributed by atoms with Crippen molar-refractivity contribution in [3.63, 3.8) is 0 Å². The molecule has 2 rings (SSSR count). The summed E-state index contributed by atoms with van der Waals surface area (Å²) >= 11 is 0. The minimum atomic E-state index is -2.99. The molecule has 2 atom stereocenters. The van der Waals surface area contributed by atoms with E-state index in [1.54, 1.807) is 6.92 Å². The van der Waals surface area contributed by atoms with Gasteiger partial charge >= 0.3 is 0 Å². The molecule has 1 N–H and O–H groups in total. The third-order valence-corrected chi connectivity index (χ3v) is 5.74. The van der Waals surface area contributed by atoms with Crippen LogP contribution in [0.25, 0.3) is 0 Å². The number of carbonyl (C=O) groups excluding carboxylic acids is 1. The summed E-state index contributed by atoms with van der Waals surface area (Å²) in [6.45, 7) is 1.96. The number of amides is 1. The Morgan fingerprint density at radius 2 is 2.14 bits per heavy atom. The van der Waals surface area contributed by atoms with Crippen LogP contribution >= 0.6 is 0 Å². The summed E-state index contributed by atoms with van der Waals surface area (Å²) in [4.78, 5) is 11.8. The summed E-state index contributed by atoms with van der Waals surface area (Å²) < 4.78 is 49.1. The van der Waals surface area contributed by atoms with Crippen molar-refractivity contribution in [2.45, 2.75) is 25.7 Å². The van der Waals surface area contributed by atoms with Gasteiger partial charge in [0.25, 0.3) is 0 Å². The van der Waals surface area contributed by atoms with Gasteiger partial charge in [-0.25, -0.2) is 17.2 Å². The summed E-state index contributed by atoms with van der Waals surface area (Å²) in [5.41, 5.74) is 0.338. The number of hydrogen-bond acceptors (Lipinski definition) is 3.